The Morgan fingerprint density at radius 1 is 1.41 bits per heavy atom. The maximum atomic E-state index is 12.4. The Bertz CT molecular complexity index is 500. The van der Waals surface area contributed by atoms with E-state index in [1.54, 1.807) is 0 Å². The van der Waals surface area contributed by atoms with Gasteiger partial charge in [-0.2, -0.15) is 13.2 Å². The Morgan fingerprint density at radius 3 is 2.29 bits per heavy atom. The summed E-state index contributed by atoms with van der Waals surface area (Å²) in [6.45, 7) is 0. The van der Waals surface area contributed by atoms with Crippen molar-refractivity contribution in [3.05, 3.63) is 33.4 Å². The minimum atomic E-state index is -5.02. The number of carbonyl (C=O) groups is 1. The van der Waals surface area contributed by atoms with Gasteiger partial charge >= 0.3 is 11.9 Å². The van der Waals surface area contributed by atoms with E-state index in [4.69, 9.17) is 11.6 Å². The highest BCUT2D eigenvalue weighted by atomic mass is 35.5. The van der Waals surface area contributed by atoms with Gasteiger partial charge in [-0.1, -0.05) is 0 Å². The molecule has 0 radical (unpaired) electrons. The first-order chi connectivity index (χ1) is 7.66. The van der Waals surface area contributed by atoms with Crippen LogP contribution in [0.15, 0.2) is 12.1 Å². The van der Waals surface area contributed by atoms with Gasteiger partial charge in [0.25, 0.3) is 5.24 Å². The molecule has 0 aliphatic rings. The van der Waals surface area contributed by atoms with Gasteiger partial charge in [0.1, 0.15) is 5.56 Å². The third-order valence-electron chi connectivity index (χ3n) is 1.85. The molecule has 1 N–H and O–H groups in total. The number of nitro groups is 1. The van der Waals surface area contributed by atoms with E-state index in [0.29, 0.717) is 12.1 Å². The van der Waals surface area contributed by atoms with Crippen LogP contribution in [-0.2, 0) is 6.18 Å². The number of carbonyl (C=O) groups excluding carboxylic acids is 1. The second-order valence-electron chi connectivity index (χ2n) is 2.89. The van der Waals surface area contributed by atoms with Crippen molar-refractivity contribution in [2.24, 2.45) is 0 Å². The van der Waals surface area contributed by atoms with Crippen molar-refractivity contribution in [1.29, 1.82) is 0 Å². The van der Waals surface area contributed by atoms with Crippen molar-refractivity contribution in [3.63, 3.8) is 0 Å². The smallest absolute Gasteiger partial charge is 0.423 e. The quantitative estimate of drug-likeness (QED) is 0.508. The van der Waals surface area contributed by atoms with Crippen LogP contribution in [0, 0.1) is 10.1 Å². The molecular formula is C8H3ClF3NO4. The van der Waals surface area contributed by atoms with Gasteiger partial charge in [-0.3, -0.25) is 14.9 Å². The predicted molar refractivity (Wildman–Crippen MR) is 49.9 cm³/mol. The third-order valence-corrected chi connectivity index (χ3v) is 2.05. The summed E-state index contributed by atoms with van der Waals surface area (Å²) < 4.78 is 37.2. The number of aromatic hydroxyl groups is 1. The Kier molecular flexibility index (Phi) is 3.28. The molecule has 1 aromatic rings. The maximum absolute atomic E-state index is 12.4. The van der Waals surface area contributed by atoms with E-state index in [2.05, 4.69) is 0 Å². The molecule has 0 aliphatic carbocycles. The van der Waals surface area contributed by atoms with Crippen LogP contribution < -0.4 is 0 Å². The van der Waals surface area contributed by atoms with E-state index < -0.39 is 38.9 Å². The van der Waals surface area contributed by atoms with Gasteiger partial charge in [-0.15, -0.1) is 0 Å². The third kappa shape index (κ3) is 2.47. The maximum Gasteiger partial charge on any atom is 0.423 e. The second kappa shape index (κ2) is 4.21. The summed E-state index contributed by atoms with van der Waals surface area (Å²) in [5, 5.41) is 18.4. The van der Waals surface area contributed by atoms with E-state index in [1.807, 2.05) is 0 Å². The highest BCUT2D eigenvalue weighted by Gasteiger charge is 2.41. The van der Waals surface area contributed by atoms with Crippen LogP contribution in [0.3, 0.4) is 0 Å². The Labute approximate surface area is 96.6 Å². The summed E-state index contributed by atoms with van der Waals surface area (Å²) in [6, 6.07) is 0.883. The molecule has 5 nitrogen and oxygen atoms in total. The molecule has 0 heterocycles. The number of nitrogens with zero attached hydrogens (tertiary/aromatic N) is 1. The summed E-state index contributed by atoms with van der Waals surface area (Å²) >= 11 is 4.95. The molecule has 0 fully saturated rings. The summed E-state index contributed by atoms with van der Waals surface area (Å²) in [5.41, 5.74) is -4.00. The van der Waals surface area contributed by atoms with Gasteiger partial charge in [0, 0.05) is 0 Å². The summed E-state index contributed by atoms with van der Waals surface area (Å²) in [7, 11) is 0. The molecule has 0 spiro atoms. The van der Waals surface area contributed by atoms with Crippen LogP contribution in [0.4, 0.5) is 18.9 Å². The fourth-order valence-electron chi connectivity index (χ4n) is 1.15. The first-order valence-electron chi connectivity index (χ1n) is 3.93. The monoisotopic (exact) mass is 269 g/mol. The lowest BCUT2D eigenvalue weighted by Crippen LogP contribution is -2.10. The molecule has 0 saturated carbocycles. The molecule has 1 rings (SSSR count). The zero-order valence-electron chi connectivity index (χ0n) is 7.79. The van der Waals surface area contributed by atoms with Crippen LogP contribution >= 0.6 is 11.6 Å². The average Bonchev–Trinajstić information content (AvgIpc) is 2.14. The molecule has 0 bridgehead atoms. The van der Waals surface area contributed by atoms with Crippen molar-refractivity contribution in [2.75, 3.05) is 0 Å². The van der Waals surface area contributed by atoms with Crippen LogP contribution in [0.25, 0.3) is 0 Å². The number of rotatable bonds is 2. The zero-order chi connectivity index (χ0) is 13.4. The first kappa shape index (κ1) is 13.2. The van der Waals surface area contributed by atoms with Gasteiger partial charge in [0.05, 0.1) is 10.5 Å². The molecule has 17 heavy (non-hydrogen) atoms. The van der Waals surface area contributed by atoms with Gasteiger partial charge in [0.2, 0.25) is 5.75 Å². The predicted octanol–water partition coefficient (Wildman–Crippen LogP) is 2.70. The van der Waals surface area contributed by atoms with Crippen molar-refractivity contribution >= 4 is 22.5 Å². The summed E-state index contributed by atoms with van der Waals surface area (Å²) in [5.74, 6) is -1.40. The number of phenols is 1. The SMILES string of the molecule is O=C(Cl)c1ccc(C(F)(F)F)c([N+](=O)[O-])c1O. The largest absolute Gasteiger partial charge is 0.502 e. The second-order valence-corrected chi connectivity index (χ2v) is 3.23. The fourth-order valence-corrected chi connectivity index (χ4v) is 1.30. The molecular weight excluding hydrogens is 267 g/mol. The van der Waals surface area contributed by atoms with Crippen LogP contribution in [0.2, 0.25) is 0 Å². The van der Waals surface area contributed by atoms with Crippen LogP contribution in [-0.4, -0.2) is 15.3 Å². The molecule has 1 aromatic carbocycles. The fraction of sp³-hybridized carbons (Fsp3) is 0.125. The zero-order valence-corrected chi connectivity index (χ0v) is 8.54. The van der Waals surface area contributed by atoms with E-state index in [1.165, 1.54) is 0 Å². The van der Waals surface area contributed by atoms with Crippen molar-refractivity contribution in [2.45, 2.75) is 6.18 Å². The first-order valence-corrected chi connectivity index (χ1v) is 4.31. The van der Waals surface area contributed by atoms with Crippen molar-refractivity contribution in [1.82, 2.24) is 0 Å². The Balaban J connectivity index is 3.63. The number of alkyl halides is 3. The number of hydrogen-bond acceptors (Lipinski definition) is 4. The van der Waals surface area contributed by atoms with Crippen molar-refractivity contribution < 1.29 is 28.0 Å². The van der Waals surface area contributed by atoms with E-state index in [9.17, 15) is 33.2 Å². The van der Waals surface area contributed by atoms with Gasteiger partial charge in [-0.05, 0) is 23.7 Å². The molecule has 0 unspecified atom stereocenters. The number of phenolic OH excluding ortho intramolecular Hbond substituents is 1. The van der Waals surface area contributed by atoms with Crippen LogP contribution in [0.1, 0.15) is 15.9 Å². The highest BCUT2D eigenvalue weighted by Crippen LogP contribution is 2.42. The van der Waals surface area contributed by atoms with E-state index in [0.717, 1.165) is 0 Å². The summed E-state index contributed by atoms with van der Waals surface area (Å²) in [6.07, 6.45) is -5.02. The molecule has 9 heteroatoms. The van der Waals surface area contributed by atoms with Gasteiger partial charge < -0.3 is 5.11 Å². The number of nitro benzene ring substituents is 1. The van der Waals surface area contributed by atoms with E-state index in [-0.39, 0.29) is 0 Å². The normalized spacial score (nSPS) is 11.3. The number of benzene rings is 1. The van der Waals surface area contributed by atoms with E-state index >= 15 is 0 Å². The highest BCUT2D eigenvalue weighted by molar-refractivity contribution is 6.68. The number of halogens is 4. The molecule has 0 aliphatic heterocycles. The Hall–Kier alpha value is -1.83. The van der Waals surface area contributed by atoms with Gasteiger partial charge in [0.15, 0.2) is 0 Å². The minimum Gasteiger partial charge on any atom is -0.502 e. The number of hydrogen-bond donors (Lipinski definition) is 1. The van der Waals surface area contributed by atoms with Crippen LogP contribution in [0.5, 0.6) is 5.75 Å². The molecule has 0 amide bonds. The summed E-state index contributed by atoms with van der Waals surface area (Å²) in [4.78, 5) is 19.7. The molecule has 92 valence electrons. The average molecular weight is 270 g/mol. The standard InChI is InChI=1S/C8H3ClF3NO4/c9-7(15)3-1-2-4(8(10,11)12)5(6(3)14)13(16)17/h1-2,14H. The lowest BCUT2D eigenvalue weighted by molar-refractivity contribution is -0.389. The lowest BCUT2D eigenvalue weighted by Gasteiger charge is -2.09. The molecule has 0 atom stereocenters. The minimum absolute atomic E-state index is 0.313. The molecule has 0 saturated heterocycles. The Morgan fingerprint density at radius 2 is 1.94 bits per heavy atom. The molecule has 0 aromatic heterocycles. The lowest BCUT2D eigenvalue weighted by atomic mass is 10.1. The van der Waals surface area contributed by atoms with Gasteiger partial charge in [-0.25, -0.2) is 0 Å². The van der Waals surface area contributed by atoms with Crippen molar-refractivity contribution in [3.8, 4) is 5.75 Å². The topological polar surface area (TPSA) is 80.4 Å².